The molecule has 0 fully saturated rings. The number of aryl methyl sites for hydroxylation is 2. The fourth-order valence-electron chi connectivity index (χ4n) is 3.68. The van der Waals surface area contributed by atoms with Crippen LogP contribution in [0.4, 0.5) is 0 Å². The van der Waals surface area contributed by atoms with Crippen LogP contribution in [0.3, 0.4) is 0 Å². The number of carbonyl (C=O) groups is 1. The molecule has 0 unspecified atom stereocenters. The quantitative estimate of drug-likeness (QED) is 0.473. The Labute approximate surface area is 182 Å². The third-order valence-corrected chi connectivity index (χ3v) is 5.75. The molecule has 1 amide bonds. The van der Waals surface area contributed by atoms with Crippen molar-refractivity contribution < 1.29 is 9.53 Å². The third kappa shape index (κ3) is 4.45. The maximum Gasteiger partial charge on any atom is 0.251 e. The summed E-state index contributed by atoms with van der Waals surface area (Å²) >= 11 is 0. The molecule has 1 atom stereocenters. The summed E-state index contributed by atoms with van der Waals surface area (Å²) in [6, 6.07) is 19.8. The molecular weight excluding hydrogens is 386 g/mol. The lowest BCUT2D eigenvalue weighted by Gasteiger charge is -2.16. The predicted octanol–water partition coefficient (Wildman–Crippen LogP) is 5.20. The van der Waals surface area contributed by atoms with Crippen molar-refractivity contribution >= 4 is 16.8 Å². The van der Waals surface area contributed by atoms with Crippen LogP contribution in [0.1, 0.15) is 45.6 Å². The van der Waals surface area contributed by atoms with Crippen molar-refractivity contribution in [3.05, 3.63) is 94.7 Å². The average molecular weight is 414 g/mol. The van der Waals surface area contributed by atoms with Crippen LogP contribution in [0.25, 0.3) is 10.9 Å². The highest BCUT2D eigenvalue weighted by Gasteiger charge is 2.14. The van der Waals surface area contributed by atoms with Crippen molar-refractivity contribution in [2.24, 2.45) is 0 Å². The third-order valence-electron chi connectivity index (χ3n) is 5.75. The summed E-state index contributed by atoms with van der Waals surface area (Å²) in [7, 11) is 1.66. The van der Waals surface area contributed by atoms with Crippen LogP contribution < -0.4 is 10.1 Å². The Morgan fingerprint density at radius 3 is 2.68 bits per heavy atom. The van der Waals surface area contributed by atoms with Gasteiger partial charge in [0.15, 0.2) is 0 Å². The maximum atomic E-state index is 12.9. The molecule has 158 valence electrons. The largest absolute Gasteiger partial charge is 0.497 e. The molecule has 5 nitrogen and oxygen atoms in total. The van der Waals surface area contributed by atoms with E-state index in [9.17, 15) is 4.79 Å². The van der Waals surface area contributed by atoms with Crippen LogP contribution in [-0.4, -0.2) is 22.8 Å². The first-order valence-electron chi connectivity index (χ1n) is 10.4. The van der Waals surface area contributed by atoms with Crippen LogP contribution in [0.5, 0.6) is 5.75 Å². The Kier molecular flexibility index (Phi) is 5.76. The van der Waals surface area contributed by atoms with Crippen LogP contribution >= 0.6 is 0 Å². The maximum absolute atomic E-state index is 12.9. The Bertz CT molecular complexity index is 1240. The monoisotopic (exact) mass is 413 g/mol. The average Bonchev–Trinajstić information content (AvgIpc) is 3.17. The topological polar surface area (TPSA) is 56.2 Å². The van der Waals surface area contributed by atoms with Gasteiger partial charge in [-0.05, 0) is 67.3 Å². The van der Waals surface area contributed by atoms with Crippen LogP contribution in [0.2, 0.25) is 0 Å². The van der Waals surface area contributed by atoms with Gasteiger partial charge in [0, 0.05) is 10.9 Å². The number of hydrogen-bond acceptors (Lipinski definition) is 3. The second-order valence-electron chi connectivity index (χ2n) is 7.97. The lowest BCUT2D eigenvalue weighted by molar-refractivity contribution is 0.0940. The molecule has 4 rings (SSSR count). The fourth-order valence-corrected chi connectivity index (χ4v) is 3.68. The van der Waals surface area contributed by atoms with E-state index < -0.39 is 0 Å². The molecule has 0 bridgehead atoms. The van der Waals surface area contributed by atoms with Crippen molar-refractivity contribution in [1.82, 2.24) is 15.1 Å². The lowest BCUT2D eigenvalue weighted by Crippen LogP contribution is -2.26. The van der Waals surface area contributed by atoms with Gasteiger partial charge in [-0.25, -0.2) is 0 Å². The number of aromatic nitrogens is 2. The van der Waals surface area contributed by atoms with E-state index in [0.717, 1.165) is 27.8 Å². The van der Waals surface area contributed by atoms with Crippen molar-refractivity contribution in [2.45, 2.75) is 33.4 Å². The van der Waals surface area contributed by atoms with E-state index in [1.54, 1.807) is 7.11 Å². The number of ether oxygens (including phenoxy) is 1. The van der Waals surface area contributed by atoms with Gasteiger partial charge in [-0.3, -0.25) is 9.48 Å². The summed E-state index contributed by atoms with van der Waals surface area (Å²) in [5.74, 6) is 0.719. The van der Waals surface area contributed by atoms with Gasteiger partial charge in [-0.15, -0.1) is 0 Å². The van der Waals surface area contributed by atoms with Gasteiger partial charge in [0.2, 0.25) is 0 Å². The normalized spacial score (nSPS) is 12.0. The highest BCUT2D eigenvalue weighted by Crippen LogP contribution is 2.21. The fraction of sp³-hybridized carbons (Fsp3) is 0.231. The predicted molar refractivity (Wildman–Crippen MR) is 124 cm³/mol. The Morgan fingerprint density at radius 1 is 1.06 bits per heavy atom. The Morgan fingerprint density at radius 2 is 1.90 bits per heavy atom. The number of hydrogen-bond donors (Lipinski definition) is 1. The van der Waals surface area contributed by atoms with Gasteiger partial charge >= 0.3 is 0 Å². The molecule has 0 aliphatic rings. The molecule has 0 saturated carbocycles. The first-order chi connectivity index (χ1) is 14.9. The molecule has 1 aromatic heterocycles. The highest BCUT2D eigenvalue weighted by molar-refractivity contribution is 5.98. The summed E-state index contributed by atoms with van der Waals surface area (Å²) in [5.41, 5.74) is 6.20. The number of carbonyl (C=O) groups excluding carboxylic acids is 1. The first kappa shape index (κ1) is 20.7. The van der Waals surface area contributed by atoms with Crippen molar-refractivity contribution in [3.63, 3.8) is 0 Å². The van der Waals surface area contributed by atoms with E-state index in [4.69, 9.17) is 4.74 Å². The molecule has 4 aromatic rings. The van der Waals surface area contributed by atoms with Crippen LogP contribution in [-0.2, 0) is 6.54 Å². The number of benzene rings is 3. The van der Waals surface area contributed by atoms with E-state index in [0.29, 0.717) is 12.1 Å². The van der Waals surface area contributed by atoms with Crippen LogP contribution in [0.15, 0.2) is 66.9 Å². The minimum absolute atomic E-state index is 0.0795. The van der Waals surface area contributed by atoms with Crippen LogP contribution in [0, 0.1) is 13.8 Å². The minimum Gasteiger partial charge on any atom is -0.497 e. The smallest absolute Gasteiger partial charge is 0.251 e. The van der Waals surface area contributed by atoms with Gasteiger partial charge in [0.1, 0.15) is 5.75 Å². The van der Waals surface area contributed by atoms with E-state index in [2.05, 4.69) is 42.5 Å². The summed E-state index contributed by atoms with van der Waals surface area (Å²) in [4.78, 5) is 12.9. The van der Waals surface area contributed by atoms with E-state index >= 15 is 0 Å². The zero-order valence-electron chi connectivity index (χ0n) is 18.3. The molecule has 1 N–H and O–H groups in total. The molecule has 3 aromatic carbocycles. The zero-order valence-corrected chi connectivity index (χ0v) is 18.3. The first-order valence-corrected chi connectivity index (χ1v) is 10.4. The molecule has 5 heteroatoms. The van der Waals surface area contributed by atoms with E-state index in [1.165, 1.54) is 11.1 Å². The minimum atomic E-state index is -0.0956. The second-order valence-corrected chi connectivity index (χ2v) is 7.97. The molecular formula is C26H27N3O2. The van der Waals surface area contributed by atoms with Gasteiger partial charge in [-0.1, -0.05) is 36.4 Å². The van der Waals surface area contributed by atoms with E-state index in [1.807, 2.05) is 60.3 Å². The molecule has 31 heavy (non-hydrogen) atoms. The van der Waals surface area contributed by atoms with Gasteiger partial charge in [0.05, 0.1) is 31.4 Å². The van der Waals surface area contributed by atoms with Crippen molar-refractivity contribution in [1.29, 1.82) is 0 Å². The number of rotatable bonds is 6. The summed E-state index contributed by atoms with van der Waals surface area (Å²) in [6.45, 7) is 6.79. The van der Waals surface area contributed by atoms with Gasteiger partial charge in [-0.2, -0.15) is 5.10 Å². The summed E-state index contributed by atoms with van der Waals surface area (Å²) in [5, 5.41) is 8.63. The highest BCUT2D eigenvalue weighted by atomic mass is 16.5. The summed E-state index contributed by atoms with van der Waals surface area (Å²) in [6.07, 6.45) is 1.83. The van der Waals surface area contributed by atoms with E-state index in [-0.39, 0.29) is 11.9 Å². The molecule has 0 spiro atoms. The number of amides is 1. The Balaban J connectivity index is 1.55. The molecule has 1 heterocycles. The van der Waals surface area contributed by atoms with Gasteiger partial charge in [0.25, 0.3) is 5.91 Å². The lowest BCUT2D eigenvalue weighted by atomic mass is 10.0. The molecule has 0 aliphatic heterocycles. The number of fused-ring (bicyclic) bond motifs is 1. The van der Waals surface area contributed by atoms with Crippen molar-refractivity contribution in [2.75, 3.05) is 7.11 Å². The number of nitrogens with zero attached hydrogens (tertiary/aromatic N) is 2. The zero-order chi connectivity index (χ0) is 22.0. The van der Waals surface area contributed by atoms with Gasteiger partial charge < -0.3 is 10.1 Å². The molecule has 0 aliphatic carbocycles. The Hall–Kier alpha value is -3.60. The number of nitrogens with one attached hydrogen (secondary N) is 1. The second kappa shape index (κ2) is 8.64. The van der Waals surface area contributed by atoms with Crippen molar-refractivity contribution in [3.8, 4) is 5.75 Å². The SMILES string of the molecule is COc1cccc(Cn2ncc3ccc(C(=O)N[C@H](C)c4ccc(C)c(C)c4)cc32)c1. The summed E-state index contributed by atoms with van der Waals surface area (Å²) < 4.78 is 7.23. The molecule has 0 radical (unpaired) electrons. The molecule has 0 saturated heterocycles. The number of methoxy groups -OCH3 is 1. The standard InChI is InChI=1S/C26H27N3O2/c1-17-8-9-21(12-18(17)2)19(3)28-26(30)22-10-11-23-15-27-29(25(23)14-22)16-20-6-5-7-24(13-20)31-4/h5-15,19H,16H2,1-4H3,(H,28,30)/t19-/m1/s1.